The summed E-state index contributed by atoms with van der Waals surface area (Å²) in [5.41, 5.74) is 8.42. The predicted molar refractivity (Wildman–Crippen MR) is 82.4 cm³/mol. The van der Waals surface area contributed by atoms with Crippen LogP contribution in [0.15, 0.2) is 18.2 Å². The maximum absolute atomic E-state index is 9.24. The van der Waals surface area contributed by atoms with E-state index in [0.717, 1.165) is 41.9 Å². The van der Waals surface area contributed by atoms with Crippen molar-refractivity contribution in [2.75, 3.05) is 18.9 Å². The number of hydrogen-bond acceptors (Lipinski definition) is 4. The van der Waals surface area contributed by atoms with Gasteiger partial charge in [-0.05, 0) is 31.0 Å². The Morgan fingerprint density at radius 2 is 2.10 bits per heavy atom. The Kier molecular flexibility index (Phi) is 4.98. The first-order chi connectivity index (χ1) is 9.67. The van der Waals surface area contributed by atoms with Crippen molar-refractivity contribution in [2.45, 2.75) is 39.3 Å². The molecule has 110 valence electrons. The summed E-state index contributed by atoms with van der Waals surface area (Å²) in [4.78, 5) is 10.2. The molecule has 1 aromatic heterocycles. The van der Waals surface area contributed by atoms with E-state index in [2.05, 4.69) is 28.7 Å². The third kappa shape index (κ3) is 3.29. The van der Waals surface area contributed by atoms with Crippen molar-refractivity contribution in [3.05, 3.63) is 24.0 Å². The summed E-state index contributed by atoms with van der Waals surface area (Å²) < 4.78 is 0. The van der Waals surface area contributed by atoms with E-state index in [0.29, 0.717) is 12.6 Å². The third-order valence-electron chi connectivity index (χ3n) is 3.75. The zero-order chi connectivity index (χ0) is 14.5. The number of hydrogen-bond donors (Lipinski definition) is 3. The predicted octanol–water partition coefficient (Wildman–Crippen LogP) is 2.13. The highest BCUT2D eigenvalue weighted by Crippen LogP contribution is 2.17. The molecule has 2 rings (SSSR count). The van der Waals surface area contributed by atoms with Crippen LogP contribution in [-0.4, -0.2) is 39.2 Å². The minimum Gasteiger partial charge on any atom is -0.399 e. The second-order valence-electron chi connectivity index (χ2n) is 5.12. The second kappa shape index (κ2) is 6.72. The van der Waals surface area contributed by atoms with E-state index in [1.165, 1.54) is 0 Å². The van der Waals surface area contributed by atoms with E-state index in [1.807, 2.05) is 18.2 Å². The molecule has 1 aromatic carbocycles. The van der Waals surface area contributed by atoms with Crippen LogP contribution in [0.2, 0.25) is 0 Å². The number of aliphatic hydroxyl groups is 1. The quantitative estimate of drug-likeness (QED) is 0.677. The second-order valence-corrected chi connectivity index (χ2v) is 5.12. The van der Waals surface area contributed by atoms with Gasteiger partial charge < -0.3 is 15.8 Å². The number of aromatic nitrogens is 2. The van der Waals surface area contributed by atoms with Crippen LogP contribution >= 0.6 is 0 Å². The number of nitrogens with one attached hydrogen (secondary N) is 1. The minimum atomic E-state index is 0.170. The monoisotopic (exact) mass is 276 g/mol. The van der Waals surface area contributed by atoms with Crippen LogP contribution in [0.5, 0.6) is 0 Å². The highest BCUT2D eigenvalue weighted by Gasteiger charge is 2.16. The molecule has 5 nitrogen and oxygen atoms in total. The van der Waals surface area contributed by atoms with Crippen molar-refractivity contribution < 1.29 is 5.11 Å². The largest absolute Gasteiger partial charge is 0.399 e. The summed E-state index contributed by atoms with van der Waals surface area (Å²) in [6, 6.07) is 6.16. The molecule has 0 aliphatic carbocycles. The first kappa shape index (κ1) is 14.8. The summed E-state index contributed by atoms with van der Waals surface area (Å²) >= 11 is 0. The molecule has 5 heteroatoms. The van der Waals surface area contributed by atoms with Gasteiger partial charge in [0.1, 0.15) is 5.82 Å². The third-order valence-corrected chi connectivity index (χ3v) is 3.75. The molecule has 0 aliphatic rings. The van der Waals surface area contributed by atoms with Gasteiger partial charge in [0.2, 0.25) is 0 Å². The van der Waals surface area contributed by atoms with Crippen molar-refractivity contribution in [3.8, 4) is 0 Å². The lowest BCUT2D eigenvalue weighted by atomic mass is 10.1. The maximum Gasteiger partial charge on any atom is 0.121 e. The molecule has 4 N–H and O–H groups in total. The molecule has 0 radical (unpaired) electrons. The van der Waals surface area contributed by atoms with Crippen LogP contribution in [0.1, 0.15) is 32.5 Å². The van der Waals surface area contributed by atoms with Crippen molar-refractivity contribution in [3.63, 3.8) is 0 Å². The molecule has 0 bridgehead atoms. The van der Waals surface area contributed by atoms with Crippen LogP contribution in [-0.2, 0) is 6.54 Å². The van der Waals surface area contributed by atoms with Gasteiger partial charge >= 0.3 is 0 Å². The van der Waals surface area contributed by atoms with Gasteiger partial charge in [0.05, 0.1) is 24.2 Å². The molecule has 20 heavy (non-hydrogen) atoms. The Balaban J connectivity index is 2.19. The number of nitrogens with two attached hydrogens (primary N) is 1. The highest BCUT2D eigenvalue weighted by molar-refractivity contribution is 5.78. The van der Waals surface area contributed by atoms with Crippen molar-refractivity contribution in [2.24, 2.45) is 0 Å². The molecule has 0 fully saturated rings. The molecule has 1 heterocycles. The van der Waals surface area contributed by atoms with Crippen molar-refractivity contribution >= 4 is 16.7 Å². The van der Waals surface area contributed by atoms with E-state index in [1.54, 1.807) is 0 Å². The maximum atomic E-state index is 9.24. The van der Waals surface area contributed by atoms with E-state index in [4.69, 9.17) is 5.73 Å². The van der Waals surface area contributed by atoms with Crippen LogP contribution < -0.4 is 5.73 Å². The summed E-state index contributed by atoms with van der Waals surface area (Å²) in [5, 5.41) is 9.24. The number of aromatic amines is 1. The van der Waals surface area contributed by atoms with E-state index in [9.17, 15) is 5.11 Å². The Morgan fingerprint density at radius 3 is 2.75 bits per heavy atom. The summed E-state index contributed by atoms with van der Waals surface area (Å²) in [7, 11) is 0. The smallest absolute Gasteiger partial charge is 0.121 e. The number of anilines is 1. The molecule has 0 amide bonds. The van der Waals surface area contributed by atoms with Crippen LogP contribution in [0.4, 0.5) is 5.69 Å². The van der Waals surface area contributed by atoms with Gasteiger partial charge in [-0.3, -0.25) is 4.90 Å². The topological polar surface area (TPSA) is 78.2 Å². The Bertz CT molecular complexity index is 548. The number of nitrogen functional groups attached to an aromatic ring is 1. The molecule has 0 unspecified atom stereocenters. The SMILES string of the molecule is CCC(CC)N(CCO)Cc1nc2ccc(N)cc2[nH]1. The number of nitrogens with zero attached hydrogens (tertiary/aromatic N) is 2. The Hall–Kier alpha value is -1.59. The molecular weight excluding hydrogens is 252 g/mol. The van der Waals surface area contributed by atoms with Gasteiger partial charge in [0.15, 0.2) is 0 Å². The molecule has 0 saturated heterocycles. The summed E-state index contributed by atoms with van der Waals surface area (Å²) in [6.45, 7) is 5.92. The van der Waals surface area contributed by atoms with E-state index in [-0.39, 0.29) is 6.61 Å². The average Bonchev–Trinajstić information content (AvgIpc) is 2.81. The van der Waals surface area contributed by atoms with Crippen LogP contribution in [0.3, 0.4) is 0 Å². The Labute approximate surface area is 119 Å². The fourth-order valence-electron chi connectivity index (χ4n) is 2.67. The summed E-state index contributed by atoms with van der Waals surface area (Å²) in [5.74, 6) is 0.922. The summed E-state index contributed by atoms with van der Waals surface area (Å²) in [6.07, 6.45) is 2.15. The van der Waals surface area contributed by atoms with Gasteiger partial charge in [-0.25, -0.2) is 4.98 Å². The molecule has 0 aliphatic heterocycles. The normalized spacial score (nSPS) is 11.8. The van der Waals surface area contributed by atoms with Crippen molar-refractivity contribution in [1.29, 1.82) is 0 Å². The van der Waals surface area contributed by atoms with Gasteiger partial charge in [-0.15, -0.1) is 0 Å². The van der Waals surface area contributed by atoms with E-state index < -0.39 is 0 Å². The number of fused-ring (bicyclic) bond motifs is 1. The molecule has 0 spiro atoms. The molecule has 0 atom stereocenters. The molecule has 2 aromatic rings. The number of rotatable bonds is 7. The van der Waals surface area contributed by atoms with Gasteiger partial charge in [0, 0.05) is 18.3 Å². The van der Waals surface area contributed by atoms with Gasteiger partial charge in [-0.1, -0.05) is 13.8 Å². The lowest BCUT2D eigenvalue weighted by Crippen LogP contribution is -2.36. The molecule has 0 saturated carbocycles. The van der Waals surface area contributed by atoms with Crippen LogP contribution in [0.25, 0.3) is 11.0 Å². The number of aliphatic hydroxyl groups excluding tert-OH is 1. The minimum absolute atomic E-state index is 0.170. The van der Waals surface area contributed by atoms with Crippen molar-refractivity contribution in [1.82, 2.24) is 14.9 Å². The lowest BCUT2D eigenvalue weighted by molar-refractivity contribution is 0.134. The first-order valence-electron chi connectivity index (χ1n) is 7.27. The van der Waals surface area contributed by atoms with Gasteiger partial charge in [-0.2, -0.15) is 0 Å². The van der Waals surface area contributed by atoms with E-state index >= 15 is 0 Å². The average molecular weight is 276 g/mol. The van der Waals surface area contributed by atoms with Crippen LogP contribution in [0, 0.1) is 0 Å². The fraction of sp³-hybridized carbons (Fsp3) is 0.533. The standard InChI is InChI=1S/C15H24N4O/c1-3-12(4-2)19(7-8-20)10-15-17-13-6-5-11(16)9-14(13)18-15/h5-6,9,12,20H,3-4,7-8,10,16H2,1-2H3,(H,17,18). The zero-order valence-corrected chi connectivity index (χ0v) is 12.3. The fourth-order valence-corrected chi connectivity index (χ4v) is 2.67. The zero-order valence-electron chi connectivity index (χ0n) is 12.3. The number of H-pyrrole nitrogens is 1. The lowest BCUT2D eigenvalue weighted by Gasteiger charge is -2.28. The number of benzene rings is 1. The van der Waals surface area contributed by atoms with Gasteiger partial charge in [0.25, 0.3) is 0 Å². The Morgan fingerprint density at radius 1 is 1.35 bits per heavy atom. The number of imidazole rings is 1. The molecular formula is C15H24N4O. The highest BCUT2D eigenvalue weighted by atomic mass is 16.3. The first-order valence-corrected chi connectivity index (χ1v) is 7.27.